The van der Waals surface area contributed by atoms with Gasteiger partial charge in [0.2, 0.25) is 0 Å². The van der Waals surface area contributed by atoms with E-state index in [1.807, 2.05) is 19.1 Å². The van der Waals surface area contributed by atoms with Crippen molar-refractivity contribution in [3.8, 4) is 5.75 Å². The Morgan fingerprint density at radius 2 is 2.04 bits per heavy atom. The fourth-order valence-corrected chi connectivity index (χ4v) is 2.75. The number of amides is 1. The predicted molar refractivity (Wildman–Crippen MR) is 104 cm³/mol. The van der Waals surface area contributed by atoms with Gasteiger partial charge >= 0.3 is 0 Å². The number of carbonyl (C=O) groups excluding carboxylic acids is 1. The first-order valence-corrected chi connectivity index (χ1v) is 9.15. The SMILES string of the molecule is CCCNc1ncnc2c1cnn2CCNC(=O)c1ccccc1OCC. The maximum Gasteiger partial charge on any atom is 0.255 e. The smallest absolute Gasteiger partial charge is 0.255 e. The molecular weight excluding hydrogens is 344 g/mol. The highest BCUT2D eigenvalue weighted by atomic mass is 16.5. The van der Waals surface area contributed by atoms with E-state index in [4.69, 9.17) is 4.74 Å². The van der Waals surface area contributed by atoms with E-state index in [-0.39, 0.29) is 5.91 Å². The summed E-state index contributed by atoms with van der Waals surface area (Å²) in [6.07, 6.45) is 4.28. The molecule has 2 heterocycles. The summed E-state index contributed by atoms with van der Waals surface area (Å²) < 4.78 is 7.28. The minimum atomic E-state index is -0.171. The Morgan fingerprint density at radius 1 is 1.19 bits per heavy atom. The maximum absolute atomic E-state index is 12.4. The molecule has 0 saturated heterocycles. The Labute approximate surface area is 158 Å². The monoisotopic (exact) mass is 368 g/mol. The van der Waals surface area contributed by atoms with Crippen LogP contribution in [0.1, 0.15) is 30.6 Å². The number of rotatable bonds is 9. The quantitative estimate of drug-likeness (QED) is 0.603. The van der Waals surface area contributed by atoms with E-state index in [0.29, 0.717) is 31.0 Å². The first-order chi connectivity index (χ1) is 13.2. The van der Waals surface area contributed by atoms with Crippen LogP contribution in [0.5, 0.6) is 5.75 Å². The molecule has 0 atom stereocenters. The summed E-state index contributed by atoms with van der Waals surface area (Å²) in [7, 11) is 0. The fraction of sp³-hybridized carbons (Fsp3) is 0.368. The highest BCUT2D eigenvalue weighted by Gasteiger charge is 2.13. The molecule has 1 aromatic carbocycles. The van der Waals surface area contributed by atoms with Crippen molar-refractivity contribution in [2.24, 2.45) is 0 Å². The molecule has 0 saturated carbocycles. The van der Waals surface area contributed by atoms with Crippen molar-refractivity contribution in [1.82, 2.24) is 25.1 Å². The Balaban J connectivity index is 1.65. The minimum absolute atomic E-state index is 0.171. The lowest BCUT2D eigenvalue weighted by Crippen LogP contribution is -2.28. The molecule has 0 aliphatic rings. The zero-order valence-electron chi connectivity index (χ0n) is 15.6. The lowest BCUT2D eigenvalue weighted by Gasteiger charge is -2.10. The number of fused-ring (bicyclic) bond motifs is 1. The van der Waals surface area contributed by atoms with Crippen molar-refractivity contribution in [2.75, 3.05) is 25.0 Å². The summed E-state index contributed by atoms with van der Waals surface area (Å²) in [5.41, 5.74) is 1.27. The Bertz CT molecular complexity index is 908. The van der Waals surface area contributed by atoms with Gasteiger partial charge in [0, 0.05) is 13.1 Å². The fourth-order valence-electron chi connectivity index (χ4n) is 2.75. The van der Waals surface area contributed by atoms with Gasteiger partial charge in [-0.05, 0) is 25.5 Å². The van der Waals surface area contributed by atoms with E-state index in [1.54, 1.807) is 23.0 Å². The first kappa shape index (κ1) is 18.6. The molecule has 0 bridgehead atoms. The second-order valence-electron chi connectivity index (χ2n) is 5.94. The van der Waals surface area contributed by atoms with Crippen molar-refractivity contribution in [1.29, 1.82) is 0 Å². The van der Waals surface area contributed by atoms with Crippen molar-refractivity contribution < 1.29 is 9.53 Å². The van der Waals surface area contributed by atoms with Gasteiger partial charge in [-0.1, -0.05) is 19.1 Å². The summed E-state index contributed by atoms with van der Waals surface area (Å²) in [6, 6.07) is 7.21. The van der Waals surface area contributed by atoms with Gasteiger partial charge in [-0.2, -0.15) is 5.10 Å². The summed E-state index contributed by atoms with van der Waals surface area (Å²) in [5, 5.41) is 11.4. The molecule has 8 heteroatoms. The molecule has 142 valence electrons. The van der Waals surface area contributed by atoms with Gasteiger partial charge in [-0.3, -0.25) is 4.79 Å². The third-order valence-electron chi connectivity index (χ3n) is 4.02. The van der Waals surface area contributed by atoms with Crippen LogP contribution in [-0.2, 0) is 6.54 Å². The molecule has 3 rings (SSSR count). The second kappa shape index (κ2) is 8.98. The number of benzene rings is 1. The Kier molecular flexibility index (Phi) is 6.19. The Morgan fingerprint density at radius 3 is 2.85 bits per heavy atom. The molecule has 0 aliphatic carbocycles. The highest BCUT2D eigenvalue weighted by Crippen LogP contribution is 2.19. The van der Waals surface area contributed by atoms with Crippen LogP contribution in [0.25, 0.3) is 11.0 Å². The van der Waals surface area contributed by atoms with E-state index in [1.165, 1.54) is 6.33 Å². The van der Waals surface area contributed by atoms with E-state index < -0.39 is 0 Å². The van der Waals surface area contributed by atoms with Crippen molar-refractivity contribution in [3.05, 3.63) is 42.4 Å². The number of hydrogen-bond donors (Lipinski definition) is 2. The third-order valence-corrected chi connectivity index (χ3v) is 4.02. The first-order valence-electron chi connectivity index (χ1n) is 9.15. The van der Waals surface area contributed by atoms with Crippen LogP contribution < -0.4 is 15.4 Å². The van der Waals surface area contributed by atoms with Crippen LogP contribution >= 0.6 is 0 Å². The number of nitrogens with one attached hydrogen (secondary N) is 2. The van der Waals surface area contributed by atoms with Crippen LogP contribution in [-0.4, -0.2) is 45.4 Å². The molecular formula is C19H24N6O2. The lowest BCUT2D eigenvalue weighted by atomic mass is 10.2. The number of ether oxygens (including phenoxy) is 1. The summed E-state index contributed by atoms with van der Waals surface area (Å²) in [4.78, 5) is 21.0. The van der Waals surface area contributed by atoms with E-state index in [0.717, 1.165) is 29.8 Å². The number of nitrogens with zero attached hydrogens (tertiary/aromatic N) is 4. The van der Waals surface area contributed by atoms with Gasteiger partial charge in [0.1, 0.15) is 17.9 Å². The van der Waals surface area contributed by atoms with Gasteiger partial charge in [-0.15, -0.1) is 0 Å². The minimum Gasteiger partial charge on any atom is -0.493 e. The second-order valence-corrected chi connectivity index (χ2v) is 5.94. The van der Waals surface area contributed by atoms with Gasteiger partial charge in [0.25, 0.3) is 5.91 Å². The number of hydrogen-bond acceptors (Lipinski definition) is 6. The standard InChI is InChI=1S/C19H24N6O2/c1-3-9-20-17-15-12-24-25(18(15)23-13-22-17)11-10-21-19(26)14-7-5-6-8-16(14)27-4-2/h5-8,12-13H,3-4,9-11H2,1-2H3,(H,21,26)(H,20,22,23). The lowest BCUT2D eigenvalue weighted by molar-refractivity contribution is 0.0948. The number of anilines is 1. The molecule has 27 heavy (non-hydrogen) atoms. The molecule has 0 spiro atoms. The third kappa shape index (κ3) is 4.33. The zero-order chi connectivity index (χ0) is 19.1. The van der Waals surface area contributed by atoms with E-state index in [2.05, 4.69) is 32.6 Å². The molecule has 3 aromatic rings. The van der Waals surface area contributed by atoms with Crippen molar-refractivity contribution in [2.45, 2.75) is 26.8 Å². The van der Waals surface area contributed by atoms with Crippen LogP contribution in [0.2, 0.25) is 0 Å². The number of carbonyl (C=O) groups is 1. The van der Waals surface area contributed by atoms with E-state index in [9.17, 15) is 4.79 Å². The topological polar surface area (TPSA) is 94.0 Å². The van der Waals surface area contributed by atoms with Crippen LogP contribution in [0.15, 0.2) is 36.8 Å². The van der Waals surface area contributed by atoms with Gasteiger partial charge < -0.3 is 15.4 Å². The van der Waals surface area contributed by atoms with Gasteiger partial charge in [-0.25, -0.2) is 14.6 Å². The van der Waals surface area contributed by atoms with Crippen molar-refractivity contribution in [3.63, 3.8) is 0 Å². The van der Waals surface area contributed by atoms with Crippen LogP contribution in [0.4, 0.5) is 5.82 Å². The average molecular weight is 368 g/mol. The molecule has 2 aromatic heterocycles. The highest BCUT2D eigenvalue weighted by molar-refractivity contribution is 5.96. The summed E-state index contributed by atoms with van der Waals surface area (Å²) in [5.74, 6) is 1.19. The van der Waals surface area contributed by atoms with Crippen molar-refractivity contribution >= 4 is 22.8 Å². The van der Waals surface area contributed by atoms with Crippen LogP contribution in [0, 0.1) is 0 Å². The molecule has 0 radical (unpaired) electrons. The molecule has 2 N–H and O–H groups in total. The Hall–Kier alpha value is -3.16. The molecule has 0 unspecified atom stereocenters. The van der Waals surface area contributed by atoms with E-state index >= 15 is 0 Å². The molecule has 8 nitrogen and oxygen atoms in total. The molecule has 0 aliphatic heterocycles. The molecule has 0 fully saturated rings. The zero-order valence-corrected chi connectivity index (χ0v) is 15.6. The van der Waals surface area contributed by atoms with Gasteiger partial charge in [0.05, 0.1) is 30.3 Å². The maximum atomic E-state index is 12.4. The van der Waals surface area contributed by atoms with Crippen LogP contribution in [0.3, 0.4) is 0 Å². The molecule has 1 amide bonds. The normalized spacial score (nSPS) is 10.7. The number of para-hydroxylation sites is 1. The summed E-state index contributed by atoms with van der Waals surface area (Å²) in [6.45, 7) is 6.28. The predicted octanol–water partition coefficient (Wildman–Crippen LogP) is 2.48. The largest absolute Gasteiger partial charge is 0.493 e. The number of aromatic nitrogens is 4. The average Bonchev–Trinajstić information content (AvgIpc) is 3.11. The van der Waals surface area contributed by atoms with Gasteiger partial charge in [0.15, 0.2) is 5.65 Å². The summed E-state index contributed by atoms with van der Waals surface area (Å²) >= 11 is 0.